The van der Waals surface area contributed by atoms with Gasteiger partial charge in [0.1, 0.15) is 5.56 Å². The van der Waals surface area contributed by atoms with Crippen LogP contribution >= 0.6 is 23.2 Å². The number of aromatic carboxylic acids is 1. The van der Waals surface area contributed by atoms with E-state index in [9.17, 15) is 9.18 Å². The van der Waals surface area contributed by atoms with Crippen LogP contribution in [0.1, 0.15) is 10.4 Å². The van der Waals surface area contributed by atoms with Crippen molar-refractivity contribution in [1.29, 1.82) is 0 Å². The molecule has 1 heterocycles. The summed E-state index contributed by atoms with van der Waals surface area (Å²) >= 11 is 11.6. The summed E-state index contributed by atoms with van der Waals surface area (Å²) in [6, 6.07) is 5.63. The monoisotopic (exact) mass is 300 g/mol. The van der Waals surface area contributed by atoms with Gasteiger partial charge in [-0.2, -0.15) is 0 Å². The number of nitrogens with one attached hydrogen (secondary N) is 1. The van der Waals surface area contributed by atoms with Crippen molar-refractivity contribution < 1.29 is 14.3 Å². The van der Waals surface area contributed by atoms with Crippen molar-refractivity contribution in [2.75, 3.05) is 5.32 Å². The number of aromatic nitrogens is 1. The van der Waals surface area contributed by atoms with Gasteiger partial charge in [-0.25, -0.2) is 14.2 Å². The predicted octanol–water partition coefficient (Wildman–Crippen LogP) is 3.97. The summed E-state index contributed by atoms with van der Waals surface area (Å²) in [6.45, 7) is 0. The highest BCUT2D eigenvalue weighted by Gasteiger charge is 2.15. The zero-order chi connectivity index (χ0) is 14.0. The van der Waals surface area contributed by atoms with E-state index < -0.39 is 17.3 Å². The first kappa shape index (κ1) is 13.6. The molecule has 0 unspecified atom stereocenters. The lowest BCUT2D eigenvalue weighted by Gasteiger charge is -2.08. The summed E-state index contributed by atoms with van der Waals surface area (Å²) in [5, 5.41) is 12.2. The van der Waals surface area contributed by atoms with E-state index in [1.54, 1.807) is 0 Å². The minimum Gasteiger partial charge on any atom is -0.478 e. The highest BCUT2D eigenvalue weighted by Crippen LogP contribution is 2.26. The molecule has 0 aliphatic carbocycles. The lowest BCUT2D eigenvalue weighted by molar-refractivity contribution is 0.0692. The van der Waals surface area contributed by atoms with Gasteiger partial charge in [-0.15, -0.1) is 0 Å². The fourth-order valence-corrected chi connectivity index (χ4v) is 1.98. The Bertz CT molecular complexity index is 629. The number of pyridine rings is 1. The topological polar surface area (TPSA) is 62.2 Å². The van der Waals surface area contributed by atoms with Crippen molar-refractivity contribution in [2.24, 2.45) is 0 Å². The van der Waals surface area contributed by atoms with E-state index in [0.29, 0.717) is 15.7 Å². The molecule has 2 N–H and O–H groups in total. The van der Waals surface area contributed by atoms with Crippen LogP contribution in [-0.2, 0) is 0 Å². The summed E-state index contributed by atoms with van der Waals surface area (Å²) in [5.41, 5.74) is -0.0583. The fourth-order valence-electron chi connectivity index (χ4n) is 1.46. The van der Waals surface area contributed by atoms with Crippen LogP contribution in [0, 0.1) is 5.82 Å². The highest BCUT2D eigenvalue weighted by atomic mass is 35.5. The zero-order valence-electron chi connectivity index (χ0n) is 9.32. The molecule has 0 fully saturated rings. The van der Waals surface area contributed by atoms with E-state index in [-0.39, 0.29) is 5.82 Å². The number of hydrogen-bond acceptors (Lipinski definition) is 3. The largest absolute Gasteiger partial charge is 0.478 e. The van der Waals surface area contributed by atoms with Crippen LogP contribution in [0.25, 0.3) is 0 Å². The van der Waals surface area contributed by atoms with Gasteiger partial charge in [0.05, 0.1) is 0 Å². The number of halogens is 3. The molecular weight excluding hydrogens is 294 g/mol. The molecule has 98 valence electrons. The molecular formula is C12H7Cl2FN2O2. The normalized spacial score (nSPS) is 10.3. The molecule has 2 aromatic rings. The van der Waals surface area contributed by atoms with Gasteiger partial charge in [0.15, 0.2) is 11.6 Å². The number of carboxylic acids is 1. The predicted molar refractivity (Wildman–Crippen MR) is 70.9 cm³/mol. The van der Waals surface area contributed by atoms with Gasteiger partial charge < -0.3 is 10.4 Å². The van der Waals surface area contributed by atoms with E-state index >= 15 is 0 Å². The van der Waals surface area contributed by atoms with Crippen LogP contribution in [0.2, 0.25) is 10.0 Å². The molecule has 1 aromatic carbocycles. The lowest BCUT2D eigenvalue weighted by atomic mass is 10.2. The number of anilines is 2. The molecule has 2 rings (SSSR count). The molecule has 19 heavy (non-hydrogen) atoms. The van der Waals surface area contributed by atoms with E-state index in [4.69, 9.17) is 28.3 Å². The first-order valence-electron chi connectivity index (χ1n) is 5.08. The van der Waals surface area contributed by atoms with Gasteiger partial charge in [0.25, 0.3) is 0 Å². The first-order chi connectivity index (χ1) is 8.97. The van der Waals surface area contributed by atoms with Gasteiger partial charge >= 0.3 is 5.97 Å². The van der Waals surface area contributed by atoms with Gasteiger partial charge in [0, 0.05) is 21.9 Å². The minimum atomic E-state index is -1.37. The van der Waals surface area contributed by atoms with Crippen molar-refractivity contribution in [3.8, 4) is 0 Å². The Morgan fingerprint density at radius 1 is 1.26 bits per heavy atom. The smallest absolute Gasteiger partial charge is 0.338 e. The second-order valence-corrected chi connectivity index (χ2v) is 4.48. The Morgan fingerprint density at radius 2 is 1.89 bits per heavy atom. The summed E-state index contributed by atoms with van der Waals surface area (Å²) < 4.78 is 13.8. The molecule has 0 bridgehead atoms. The first-order valence-corrected chi connectivity index (χ1v) is 5.84. The molecule has 0 atom stereocenters. The summed E-state index contributed by atoms with van der Waals surface area (Å²) in [5.74, 6) is -2.53. The maximum Gasteiger partial charge on any atom is 0.338 e. The Morgan fingerprint density at radius 3 is 2.47 bits per heavy atom. The number of hydrogen-bond donors (Lipinski definition) is 2. The van der Waals surface area contributed by atoms with Crippen molar-refractivity contribution in [2.45, 2.75) is 0 Å². The summed E-state index contributed by atoms with van der Waals surface area (Å²) in [4.78, 5) is 14.5. The van der Waals surface area contributed by atoms with E-state index in [1.165, 1.54) is 24.4 Å². The van der Waals surface area contributed by atoms with Crippen LogP contribution in [0.3, 0.4) is 0 Å². The second-order valence-electron chi connectivity index (χ2n) is 3.61. The van der Waals surface area contributed by atoms with Crippen LogP contribution in [0.5, 0.6) is 0 Å². The van der Waals surface area contributed by atoms with Crippen molar-refractivity contribution in [3.63, 3.8) is 0 Å². The quantitative estimate of drug-likeness (QED) is 0.900. The number of carbonyl (C=O) groups is 1. The minimum absolute atomic E-state index is 0.210. The fraction of sp³-hybridized carbons (Fsp3) is 0. The standard InChI is InChI=1S/C12H7Cl2FN2O2/c13-6-3-7(14)5-8(4-6)17-11-10(15)9(12(18)19)1-2-16-11/h1-5H,(H,16,17)(H,18,19). The number of benzene rings is 1. The third kappa shape index (κ3) is 3.13. The molecule has 0 saturated heterocycles. The van der Waals surface area contributed by atoms with E-state index in [1.807, 2.05) is 0 Å². The van der Waals surface area contributed by atoms with Gasteiger partial charge in [-0.3, -0.25) is 0 Å². The maximum absolute atomic E-state index is 13.8. The molecule has 0 spiro atoms. The van der Waals surface area contributed by atoms with E-state index in [0.717, 1.165) is 6.07 Å². The summed E-state index contributed by atoms with van der Waals surface area (Å²) in [7, 11) is 0. The maximum atomic E-state index is 13.8. The van der Waals surface area contributed by atoms with Crippen molar-refractivity contribution in [1.82, 2.24) is 4.98 Å². The number of nitrogens with zero attached hydrogens (tertiary/aromatic N) is 1. The third-order valence-corrected chi connectivity index (χ3v) is 2.68. The van der Waals surface area contributed by atoms with Crippen molar-refractivity contribution in [3.05, 3.63) is 51.9 Å². The number of carboxylic acid groups (broad SMARTS) is 1. The van der Waals surface area contributed by atoms with Gasteiger partial charge in [-0.05, 0) is 24.3 Å². The summed E-state index contributed by atoms with van der Waals surface area (Å²) in [6.07, 6.45) is 1.20. The Balaban J connectivity index is 2.38. The molecule has 4 nitrogen and oxygen atoms in total. The molecule has 7 heteroatoms. The molecule has 0 aliphatic heterocycles. The zero-order valence-corrected chi connectivity index (χ0v) is 10.8. The molecule has 0 radical (unpaired) electrons. The average Bonchev–Trinajstić information content (AvgIpc) is 2.30. The van der Waals surface area contributed by atoms with Crippen LogP contribution in [0.4, 0.5) is 15.9 Å². The highest BCUT2D eigenvalue weighted by molar-refractivity contribution is 6.35. The van der Waals surface area contributed by atoms with Crippen LogP contribution in [0.15, 0.2) is 30.5 Å². The van der Waals surface area contributed by atoms with E-state index in [2.05, 4.69) is 10.3 Å². The van der Waals surface area contributed by atoms with Crippen LogP contribution < -0.4 is 5.32 Å². The molecule has 0 saturated carbocycles. The molecule has 0 aliphatic rings. The Hall–Kier alpha value is -1.85. The van der Waals surface area contributed by atoms with Gasteiger partial charge in [-0.1, -0.05) is 23.2 Å². The van der Waals surface area contributed by atoms with Crippen molar-refractivity contribution >= 4 is 40.7 Å². The SMILES string of the molecule is O=C(O)c1ccnc(Nc2cc(Cl)cc(Cl)c2)c1F. The Kier molecular flexibility index (Phi) is 3.87. The van der Waals surface area contributed by atoms with Crippen LogP contribution in [-0.4, -0.2) is 16.1 Å². The second kappa shape index (κ2) is 5.42. The molecule has 1 aromatic heterocycles. The molecule has 0 amide bonds. The lowest BCUT2D eigenvalue weighted by Crippen LogP contribution is -2.05. The third-order valence-electron chi connectivity index (χ3n) is 2.24. The Labute approximate surface area is 117 Å². The van der Waals surface area contributed by atoms with Gasteiger partial charge in [0.2, 0.25) is 0 Å². The number of rotatable bonds is 3. The average molecular weight is 301 g/mol.